The Bertz CT molecular complexity index is 819. The Kier molecular flexibility index (Phi) is 5.33. The van der Waals surface area contributed by atoms with E-state index in [1.54, 1.807) is 6.20 Å². The molecule has 1 amide bonds. The van der Waals surface area contributed by atoms with Crippen LogP contribution in [0.25, 0.3) is 0 Å². The molecule has 6 heteroatoms. The minimum atomic E-state index is -0.397. The second kappa shape index (κ2) is 7.89. The SMILES string of the molecule is CC(C)c1ccc(NC(=O)c2cc(N3CCC4(CC3)OCCO4)ccn2)cc1. The summed E-state index contributed by atoms with van der Waals surface area (Å²) in [6, 6.07) is 11.8. The summed E-state index contributed by atoms with van der Waals surface area (Å²) in [7, 11) is 0. The number of piperidine rings is 1. The third-order valence-electron chi connectivity index (χ3n) is 5.52. The zero-order valence-corrected chi connectivity index (χ0v) is 16.5. The Morgan fingerprint density at radius 2 is 1.79 bits per heavy atom. The molecule has 0 saturated carbocycles. The molecule has 1 aromatic heterocycles. The molecule has 2 saturated heterocycles. The molecule has 1 spiro atoms. The summed E-state index contributed by atoms with van der Waals surface area (Å²) >= 11 is 0. The van der Waals surface area contributed by atoms with Crippen molar-refractivity contribution in [3.8, 4) is 0 Å². The maximum absolute atomic E-state index is 12.6. The van der Waals surface area contributed by atoms with E-state index in [9.17, 15) is 4.79 Å². The Balaban J connectivity index is 1.41. The molecular formula is C22H27N3O3. The van der Waals surface area contributed by atoms with Crippen LogP contribution in [-0.2, 0) is 9.47 Å². The number of aromatic nitrogens is 1. The van der Waals surface area contributed by atoms with Gasteiger partial charge in [0.25, 0.3) is 5.91 Å². The zero-order valence-electron chi connectivity index (χ0n) is 16.5. The molecule has 28 heavy (non-hydrogen) atoms. The van der Waals surface area contributed by atoms with Gasteiger partial charge in [0.05, 0.1) is 13.2 Å². The van der Waals surface area contributed by atoms with Crippen molar-refractivity contribution in [3.63, 3.8) is 0 Å². The van der Waals surface area contributed by atoms with Gasteiger partial charge in [0, 0.05) is 43.5 Å². The van der Waals surface area contributed by atoms with E-state index in [0.717, 1.165) is 37.3 Å². The molecule has 0 aliphatic carbocycles. The molecule has 1 aromatic carbocycles. The zero-order chi connectivity index (χ0) is 19.6. The molecule has 0 atom stereocenters. The lowest BCUT2D eigenvalue weighted by molar-refractivity contribution is -0.169. The minimum absolute atomic E-state index is 0.199. The van der Waals surface area contributed by atoms with Crippen molar-refractivity contribution in [1.82, 2.24) is 4.98 Å². The highest BCUT2D eigenvalue weighted by molar-refractivity contribution is 6.03. The van der Waals surface area contributed by atoms with Crippen LogP contribution < -0.4 is 10.2 Å². The Hall–Kier alpha value is -2.44. The fraction of sp³-hybridized carbons (Fsp3) is 0.455. The second-order valence-electron chi connectivity index (χ2n) is 7.72. The van der Waals surface area contributed by atoms with Crippen molar-refractivity contribution in [1.29, 1.82) is 0 Å². The minimum Gasteiger partial charge on any atom is -0.371 e. The van der Waals surface area contributed by atoms with Crippen molar-refractivity contribution in [2.24, 2.45) is 0 Å². The van der Waals surface area contributed by atoms with Crippen LogP contribution in [0.15, 0.2) is 42.6 Å². The third kappa shape index (κ3) is 4.03. The third-order valence-corrected chi connectivity index (χ3v) is 5.52. The van der Waals surface area contributed by atoms with E-state index in [0.29, 0.717) is 24.8 Å². The molecule has 3 heterocycles. The number of carbonyl (C=O) groups excluding carboxylic acids is 1. The average Bonchev–Trinajstić information content (AvgIpc) is 3.17. The maximum atomic E-state index is 12.6. The number of benzene rings is 1. The predicted octanol–water partition coefficient (Wildman–Crippen LogP) is 3.80. The number of nitrogens with one attached hydrogen (secondary N) is 1. The Morgan fingerprint density at radius 3 is 2.43 bits per heavy atom. The highest BCUT2D eigenvalue weighted by Gasteiger charge is 2.39. The number of carbonyl (C=O) groups is 1. The van der Waals surface area contributed by atoms with Gasteiger partial charge in [0.1, 0.15) is 5.69 Å². The summed E-state index contributed by atoms with van der Waals surface area (Å²) in [6.45, 7) is 7.33. The molecule has 4 rings (SSSR count). The second-order valence-corrected chi connectivity index (χ2v) is 7.72. The predicted molar refractivity (Wildman–Crippen MR) is 109 cm³/mol. The van der Waals surface area contributed by atoms with E-state index in [2.05, 4.69) is 29.0 Å². The fourth-order valence-corrected chi connectivity index (χ4v) is 3.78. The van der Waals surface area contributed by atoms with Crippen LogP contribution >= 0.6 is 0 Å². The first-order chi connectivity index (χ1) is 13.5. The first kappa shape index (κ1) is 18.9. The molecule has 2 aromatic rings. The van der Waals surface area contributed by atoms with Crippen LogP contribution in [0.3, 0.4) is 0 Å². The lowest BCUT2D eigenvalue weighted by Crippen LogP contribution is -2.45. The normalized spacial score (nSPS) is 18.6. The fourth-order valence-electron chi connectivity index (χ4n) is 3.78. The van der Waals surface area contributed by atoms with Gasteiger partial charge in [-0.2, -0.15) is 0 Å². The van der Waals surface area contributed by atoms with E-state index in [-0.39, 0.29) is 5.91 Å². The first-order valence-electron chi connectivity index (χ1n) is 9.95. The molecule has 2 aliphatic rings. The lowest BCUT2D eigenvalue weighted by Gasteiger charge is -2.38. The highest BCUT2D eigenvalue weighted by atomic mass is 16.7. The maximum Gasteiger partial charge on any atom is 0.274 e. The van der Waals surface area contributed by atoms with Crippen molar-refractivity contribution in [2.45, 2.75) is 38.4 Å². The van der Waals surface area contributed by atoms with E-state index in [4.69, 9.17) is 9.47 Å². The van der Waals surface area contributed by atoms with Gasteiger partial charge in [-0.1, -0.05) is 26.0 Å². The summed E-state index contributed by atoms with van der Waals surface area (Å²) in [6.07, 6.45) is 3.36. The van der Waals surface area contributed by atoms with Crippen LogP contribution in [-0.4, -0.2) is 43.0 Å². The number of amides is 1. The van der Waals surface area contributed by atoms with Crippen molar-refractivity contribution < 1.29 is 14.3 Å². The number of anilines is 2. The number of ether oxygens (including phenoxy) is 2. The molecule has 0 radical (unpaired) electrons. The largest absolute Gasteiger partial charge is 0.371 e. The topological polar surface area (TPSA) is 63.7 Å². The molecule has 2 fully saturated rings. The van der Waals surface area contributed by atoms with E-state index in [1.165, 1.54) is 5.56 Å². The molecule has 148 valence electrons. The smallest absolute Gasteiger partial charge is 0.274 e. The van der Waals surface area contributed by atoms with Crippen LogP contribution in [0.4, 0.5) is 11.4 Å². The molecule has 6 nitrogen and oxygen atoms in total. The molecule has 0 unspecified atom stereocenters. The lowest BCUT2D eigenvalue weighted by atomic mass is 10.0. The standard InChI is InChI=1S/C22H27N3O3/c1-16(2)17-3-5-18(6-4-17)24-21(26)20-15-19(7-10-23-20)25-11-8-22(9-12-25)27-13-14-28-22/h3-7,10,15-16H,8-9,11-14H2,1-2H3,(H,24,26). The summed E-state index contributed by atoms with van der Waals surface area (Å²) in [5.74, 6) is -0.131. The summed E-state index contributed by atoms with van der Waals surface area (Å²) in [4.78, 5) is 19.2. The molecule has 2 aliphatic heterocycles. The monoisotopic (exact) mass is 381 g/mol. The molecular weight excluding hydrogens is 354 g/mol. The van der Waals surface area contributed by atoms with Gasteiger partial charge in [-0.05, 0) is 35.7 Å². The summed E-state index contributed by atoms with van der Waals surface area (Å²) < 4.78 is 11.6. The Morgan fingerprint density at radius 1 is 1.11 bits per heavy atom. The van der Waals surface area contributed by atoms with Crippen molar-refractivity contribution in [3.05, 3.63) is 53.9 Å². The summed E-state index contributed by atoms with van der Waals surface area (Å²) in [5.41, 5.74) is 3.44. The number of hydrogen-bond acceptors (Lipinski definition) is 5. The van der Waals surface area contributed by atoms with Gasteiger partial charge in [-0.25, -0.2) is 0 Å². The average molecular weight is 381 g/mol. The van der Waals surface area contributed by atoms with Crippen LogP contribution in [0.5, 0.6) is 0 Å². The van der Waals surface area contributed by atoms with Gasteiger partial charge >= 0.3 is 0 Å². The molecule has 1 N–H and O–H groups in total. The number of nitrogens with zero attached hydrogens (tertiary/aromatic N) is 2. The number of pyridine rings is 1. The van der Waals surface area contributed by atoms with Crippen molar-refractivity contribution >= 4 is 17.3 Å². The van der Waals surface area contributed by atoms with Gasteiger partial charge < -0.3 is 19.7 Å². The molecule has 0 bridgehead atoms. The van der Waals surface area contributed by atoms with E-state index >= 15 is 0 Å². The Labute approximate surface area is 165 Å². The van der Waals surface area contributed by atoms with Gasteiger partial charge in [-0.15, -0.1) is 0 Å². The number of rotatable bonds is 4. The van der Waals surface area contributed by atoms with Gasteiger partial charge in [0.15, 0.2) is 5.79 Å². The van der Waals surface area contributed by atoms with Crippen molar-refractivity contribution in [2.75, 3.05) is 36.5 Å². The van der Waals surface area contributed by atoms with Crippen LogP contribution in [0.2, 0.25) is 0 Å². The quantitative estimate of drug-likeness (QED) is 0.873. The van der Waals surface area contributed by atoms with Crippen LogP contribution in [0, 0.1) is 0 Å². The van der Waals surface area contributed by atoms with Gasteiger partial charge in [0.2, 0.25) is 0 Å². The number of hydrogen-bond donors (Lipinski definition) is 1. The van der Waals surface area contributed by atoms with E-state index < -0.39 is 5.79 Å². The first-order valence-corrected chi connectivity index (χ1v) is 9.95. The highest BCUT2D eigenvalue weighted by Crippen LogP contribution is 2.33. The summed E-state index contributed by atoms with van der Waals surface area (Å²) in [5, 5.41) is 2.93. The van der Waals surface area contributed by atoms with Crippen LogP contribution in [0.1, 0.15) is 48.7 Å². The van der Waals surface area contributed by atoms with E-state index in [1.807, 2.05) is 36.4 Å². The van der Waals surface area contributed by atoms with Gasteiger partial charge in [-0.3, -0.25) is 9.78 Å².